The van der Waals surface area contributed by atoms with Gasteiger partial charge in [0.1, 0.15) is 0 Å². The van der Waals surface area contributed by atoms with Gasteiger partial charge in [-0.15, -0.1) is 0 Å². The molecule has 0 N–H and O–H groups in total. The highest BCUT2D eigenvalue weighted by molar-refractivity contribution is 7.08. The third-order valence-electron chi connectivity index (χ3n) is 2.97. The average molecular weight is 215 g/mol. The molecule has 0 aromatic carbocycles. The number of thiophene rings is 1. The van der Waals surface area contributed by atoms with E-state index in [9.17, 15) is 4.79 Å². The van der Waals surface area contributed by atoms with Gasteiger partial charge in [-0.2, -0.15) is 11.3 Å². The van der Waals surface area contributed by atoms with Crippen LogP contribution in [-0.2, 0) is 4.79 Å². The third kappa shape index (κ3) is 1.32. The Morgan fingerprint density at radius 1 is 1.62 bits per heavy atom. The third-order valence-corrected chi connectivity index (χ3v) is 3.91. The summed E-state index contributed by atoms with van der Waals surface area (Å²) < 4.78 is 0. The van der Waals surface area contributed by atoms with Crippen LogP contribution in [0, 0.1) is 11.3 Å². The summed E-state index contributed by atoms with van der Waals surface area (Å²) in [5.41, 5.74) is 1.31. The van der Waals surface area contributed by atoms with Crippen LogP contribution in [0.1, 0.15) is 25.3 Å². The topological polar surface area (TPSA) is 17.1 Å². The molecule has 1 fully saturated rings. The lowest BCUT2D eigenvalue weighted by molar-refractivity contribution is -0.113. The molecule has 1 aliphatic rings. The van der Waals surface area contributed by atoms with E-state index in [0.29, 0.717) is 5.92 Å². The smallest absolute Gasteiger partial charge is 0.225 e. The maximum atomic E-state index is 11.1. The van der Waals surface area contributed by atoms with Crippen molar-refractivity contribution in [3.8, 4) is 0 Å². The summed E-state index contributed by atoms with van der Waals surface area (Å²) in [4.78, 5) is 11.1. The maximum absolute atomic E-state index is 11.1. The fraction of sp³-hybridized carbons (Fsp3) is 0.500. The minimum Gasteiger partial charge on any atom is -0.281 e. The Labute approximate surface area is 86.7 Å². The number of halogens is 1. The van der Waals surface area contributed by atoms with Crippen molar-refractivity contribution >= 4 is 28.2 Å². The molecule has 0 radical (unpaired) electrons. The Morgan fingerprint density at radius 3 is 2.69 bits per heavy atom. The standard InChI is InChI=1S/C10H11ClOS/c1-10(2)7(8(10)9(11)12)6-3-4-13-5-6/h3-5,7-8H,1-2H3. The zero-order valence-corrected chi connectivity index (χ0v) is 9.15. The molecular weight excluding hydrogens is 204 g/mol. The minimum atomic E-state index is -0.193. The SMILES string of the molecule is CC1(C)C(C(=O)Cl)C1c1ccsc1. The van der Waals surface area contributed by atoms with Crippen molar-refractivity contribution in [3.05, 3.63) is 22.4 Å². The van der Waals surface area contributed by atoms with Crippen LogP contribution in [0.5, 0.6) is 0 Å². The summed E-state index contributed by atoms with van der Waals surface area (Å²) in [6.45, 7) is 4.20. The minimum absolute atomic E-state index is 0.0174. The molecule has 0 aliphatic heterocycles. The normalized spacial score (nSPS) is 30.1. The lowest BCUT2D eigenvalue weighted by atomic mass is 10.1. The van der Waals surface area contributed by atoms with Crippen molar-refractivity contribution < 1.29 is 4.79 Å². The van der Waals surface area contributed by atoms with Crippen molar-refractivity contribution in [2.75, 3.05) is 0 Å². The molecule has 1 nitrogen and oxygen atoms in total. The van der Waals surface area contributed by atoms with Crippen LogP contribution >= 0.6 is 22.9 Å². The molecule has 70 valence electrons. The Bertz CT molecular complexity index is 329. The second-order valence-corrected chi connectivity index (χ2v) is 5.29. The monoisotopic (exact) mass is 214 g/mol. The van der Waals surface area contributed by atoms with Crippen LogP contribution in [-0.4, -0.2) is 5.24 Å². The van der Waals surface area contributed by atoms with Crippen LogP contribution in [0.3, 0.4) is 0 Å². The van der Waals surface area contributed by atoms with Gasteiger partial charge < -0.3 is 0 Å². The Kier molecular flexibility index (Phi) is 2.00. The van der Waals surface area contributed by atoms with Gasteiger partial charge in [0.2, 0.25) is 5.24 Å². The molecule has 2 rings (SSSR count). The van der Waals surface area contributed by atoms with Gasteiger partial charge in [0, 0.05) is 11.8 Å². The van der Waals surface area contributed by atoms with Gasteiger partial charge in [-0.1, -0.05) is 13.8 Å². The van der Waals surface area contributed by atoms with E-state index in [2.05, 4.69) is 25.3 Å². The first-order valence-corrected chi connectivity index (χ1v) is 5.58. The number of carbonyl (C=O) groups is 1. The molecule has 2 unspecified atom stereocenters. The molecule has 1 aromatic heterocycles. The average Bonchev–Trinajstić information content (AvgIpc) is 2.50. The number of rotatable bonds is 2. The second kappa shape index (κ2) is 2.82. The molecule has 1 saturated carbocycles. The van der Waals surface area contributed by atoms with Gasteiger partial charge in [0.05, 0.1) is 0 Å². The van der Waals surface area contributed by atoms with E-state index in [1.807, 2.05) is 5.38 Å². The fourth-order valence-corrected chi connectivity index (χ4v) is 3.24. The van der Waals surface area contributed by atoms with Crippen LogP contribution in [0.4, 0.5) is 0 Å². The van der Waals surface area contributed by atoms with Crippen LogP contribution in [0.15, 0.2) is 16.8 Å². The van der Waals surface area contributed by atoms with Gasteiger partial charge in [-0.3, -0.25) is 4.79 Å². The summed E-state index contributed by atoms with van der Waals surface area (Å²) in [6.07, 6.45) is 0. The first kappa shape index (κ1) is 9.22. The summed E-state index contributed by atoms with van der Waals surface area (Å²) in [7, 11) is 0. The molecule has 0 amide bonds. The number of carbonyl (C=O) groups excluding carboxylic acids is 1. The second-order valence-electron chi connectivity index (χ2n) is 4.14. The number of hydrogen-bond donors (Lipinski definition) is 0. The molecule has 0 bridgehead atoms. The van der Waals surface area contributed by atoms with Gasteiger partial charge in [0.25, 0.3) is 0 Å². The van der Waals surface area contributed by atoms with Gasteiger partial charge in [-0.25, -0.2) is 0 Å². The summed E-state index contributed by atoms with van der Waals surface area (Å²) in [5, 5.41) is 3.95. The van der Waals surface area contributed by atoms with Gasteiger partial charge in [-0.05, 0) is 39.4 Å². The summed E-state index contributed by atoms with van der Waals surface area (Å²) >= 11 is 7.20. The molecule has 1 aromatic rings. The van der Waals surface area contributed by atoms with Crippen molar-refractivity contribution in [1.29, 1.82) is 0 Å². The van der Waals surface area contributed by atoms with E-state index in [0.717, 1.165) is 0 Å². The van der Waals surface area contributed by atoms with E-state index < -0.39 is 0 Å². The molecule has 0 saturated heterocycles. The van der Waals surface area contributed by atoms with Gasteiger partial charge >= 0.3 is 0 Å². The summed E-state index contributed by atoms with van der Waals surface area (Å²) in [6, 6.07) is 2.08. The first-order valence-electron chi connectivity index (χ1n) is 4.26. The molecule has 2 atom stereocenters. The van der Waals surface area contributed by atoms with Crippen LogP contribution in [0.2, 0.25) is 0 Å². The predicted octanol–water partition coefficient (Wildman–Crippen LogP) is 3.25. The van der Waals surface area contributed by atoms with Crippen LogP contribution < -0.4 is 0 Å². The molecule has 3 heteroatoms. The molecule has 0 spiro atoms. The maximum Gasteiger partial charge on any atom is 0.225 e. The highest BCUT2D eigenvalue weighted by atomic mass is 35.5. The Morgan fingerprint density at radius 2 is 2.31 bits per heavy atom. The van der Waals surface area contributed by atoms with Crippen molar-refractivity contribution in [2.45, 2.75) is 19.8 Å². The predicted molar refractivity (Wildman–Crippen MR) is 55.2 cm³/mol. The number of hydrogen-bond acceptors (Lipinski definition) is 2. The van der Waals surface area contributed by atoms with Gasteiger partial charge in [0.15, 0.2) is 0 Å². The first-order chi connectivity index (χ1) is 6.05. The lowest BCUT2D eigenvalue weighted by Gasteiger charge is -1.98. The van der Waals surface area contributed by atoms with Crippen LogP contribution in [0.25, 0.3) is 0 Å². The summed E-state index contributed by atoms with van der Waals surface area (Å²) in [5.74, 6) is 0.354. The largest absolute Gasteiger partial charge is 0.281 e. The lowest BCUT2D eigenvalue weighted by Crippen LogP contribution is -1.96. The molecule has 1 aliphatic carbocycles. The van der Waals surface area contributed by atoms with Crippen molar-refractivity contribution in [3.63, 3.8) is 0 Å². The quantitative estimate of drug-likeness (QED) is 0.691. The zero-order valence-electron chi connectivity index (χ0n) is 7.58. The molecular formula is C10H11ClOS. The van der Waals surface area contributed by atoms with E-state index in [4.69, 9.17) is 11.6 Å². The highest BCUT2D eigenvalue weighted by Crippen LogP contribution is 2.65. The molecule has 13 heavy (non-hydrogen) atoms. The molecule has 1 heterocycles. The zero-order chi connectivity index (χ0) is 9.64. The van der Waals surface area contributed by atoms with Crippen molar-refractivity contribution in [1.82, 2.24) is 0 Å². The van der Waals surface area contributed by atoms with E-state index in [1.54, 1.807) is 11.3 Å². The highest BCUT2D eigenvalue weighted by Gasteiger charge is 2.61. The Balaban J connectivity index is 2.25. The van der Waals surface area contributed by atoms with Crippen molar-refractivity contribution in [2.24, 2.45) is 11.3 Å². The Hall–Kier alpha value is -0.340. The van der Waals surface area contributed by atoms with E-state index >= 15 is 0 Å². The van der Waals surface area contributed by atoms with E-state index in [-0.39, 0.29) is 16.6 Å². The fourth-order valence-electron chi connectivity index (χ4n) is 2.14. The van der Waals surface area contributed by atoms with E-state index in [1.165, 1.54) is 5.56 Å².